The lowest BCUT2D eigenvalue weighted by molar-refractivity contribution is -0.0971. The van der Waals surface area contributed by atoms with Crippen molar-refractivity contribution in [1.82, 2.24) is 0 Å². The van der Waals surface area contributed by atoms with Gasteiger partial charge in [0.15, 0.2) is 8.32 Å². The number of hydrogen-bond donors (Lipinski definition) is 0. The third kappa shape index (κ3) is 8.58. The summed E-state index contributed by atoms with van der Waals surface area (Å²) in [5, 5.41) is 0.238. The van der Waals surface area contributed by atoms with E-state index in [1.54, 1.807) is 18.9 Å². The molecular weight excluding hydrogens is 368 g/mol. The van der Waals surface area contributed by atoms with E-state index in [0.29, 0.717) is 31.8 Å². The van der Waals surface area contributed by atoms with Gasteiger partial charge in [-0.15, -0.1) is 11.8 Å². The first-order valence-electron chi connectivity index (χ1n) is 9.60. The molecule has 0 spiro atoms. The smallest absolute Gasteiger partial charge is 0.191 e. The fourth-order valence-electron chi connectivity index (χ4n) is 2.86. The van der Waals surface area contributed by atoms with Crippen molar-refractivity contribution in [3.63, 3.8) is 0 Å². The van der Waals surface area contributed by atoms with Gasteiger partial charge in [0.05, 0.1) is 31.9 Å². The van der Waals surface area contributed by atoms with Crippen LogP contribution in [0.2, 0.25) is 18.1 Å². The van der Waals surface area contributed by atoms with Gasteiger partial charge in [0.1, 0.15) is 6.79 Å². The van der Waals surface area contributed by atoms with E-state index in [1.807, 2.05) is 0 Å². The van der Waals surface area contributed by atoms with Gasteiger partial charge in [-0.25, -0.2) is 0 Å². The summed E-state index contributed by atoms with van der Waals surface area (Å²) in [6.07, 6.45) is 4.34. The van der Waals surface area contributed by atoms with Gasteiger partial charge in [-0.1, -0.05) is 20.8 Å². The Morgan fingerprint density at radius 2 is 1.65 bits per heavy atom. The van der Waals surface area contributed by atoms with E-state index in [1.165, 1.54) is 0 Å². The van der Waals surface area contributed by atoms with Crippen LogP contribution in [0.15, 0.2) is 0 Å². The van der Waals surface area contributed by atoms with Crippen LogP contribution in [-0.2, 0) is 23.4 Å². The van der Waals surface area contributed by atoms with Crippen molar-refractivity contribution in [2.75, 3.05) is 52.5 Å². The summed E-state index contributed by atoms with van der Waals surface area (Å²) >= 11 is 1.72. The van der Waals surface area contributed by atoms with E-state index in [0.717, 1.165) is 32.0 Å². The fraction of sp³-hybridized carbons (Fsp3) is 1.00. The van der Waals surface area contributed by atoms with Crippen molar-refractivity contribution in [2.24, 2.45) is 11.8 Å². The second kappa shape index (κ2) is 12.0. The van der Waals surface area contributed by atoms with Crippen LogP contribution < -0.4 is 0 Å². The highest BCUT2D eigenvalue weighted by atomic mass is 32.2. The maximum Gasteiger partial charge on any atom is 0.191 e. The predicted molar refractivity (Wildman–Crippen MR) is 111 cm³/mol. The molecule has 0 saturated heterocycles. The van der Waals surface area contributed by atoms with Crippen LogP contribution in [0.4, 0.5) is 0 Å². The summed E-state index contributed by atoms with van der Waals surface area (Å²) in [6, 6.07) is 0. The zero-order chi connectivity index (χ0) is 19.6. The molecule has 1 rings (SSSR count). The zero-order valence-electron chi connectivity index (χ0n) is 17.8. The molecule has 26 heavy (non-hydrogen) atoms. The lowest BCUT2D eigenvalue weighted by atomic mass is 9.98. The highest BCUT2D eigenvalue weighted by Crippen LogP contribution is 2.39. The van der Waals surface area contributed by atoms with Crippen molar-refractivity contribution in [1.29, 1.82) is 0 Å². The molecule has 0 aromatic carbocycles. The van der Waals surface area contributed by atoms with Crippen molar-refractivity contribution >= 4 is 20.1 Å². The molecule has 0 radical (unpaired) electrons. The van der Waals surface area contributed by atoms with Crippen LogP contribution in [0, 0.1) is 11.8 Å². The molecule has 156 valence electrons. The van der Waals surface area contributed by atoms with E-state index in [2.05, 4.69) is 40.1 Å². The van der Waals surface area contributed by atoms with Crippen LogP contribution >= 0.6 is 11.8 Å². The number of rotatable bonds is 13. The standard InChI is InChI=1S/C19H40O5SSi/c1-19(2,3)26(6,7)24-13-17-11-18(23-14-21-9-8-20-4)10-16(17)12-22-15-25-5/h16-18H,8-15H2,1-7H3/t16-,17-,18+/m0/s1. The summed E-state index contributed by atoms with van der Waals surface area (Å²) in [5.41, 5.74) is 0. The first kappa shape index (κ1) is 24.4. The Bertz CT molecular complexity index is 375. The Labute approximate surface area is 165 Å². The van der Waals surface area contributed by atoms with Gasteiger partial charge in [0.25, 0.3) is 0 Å². The Hall–Kier alpha value is 0.367. The first-order chi connectivity index (χ1) is 12.2. The fourth-order valence-corrected chi connectivity index (χ4v) is 4.19. The molecule has 1 aliphatic carbocycles. The van der Waals surface area contributed by atoms with Gasteiger partial charge in [-0.3, -0.25) is 0 Å². The van der Waals surface area contributed by atoms with Crippen LogP contribution in [-0.4, -0.2) is 66.9 Å². The van der Waals surface area contributed by atoms with Crippen LogP contribution in [0.1, 0.15) is 33.6 Å². The summed E-state index contributed by atoms with van der Waals surface area (Å²) in [4.78, 5) is 0. The zero-order valence-corrected chi connectivity index (χ0v) is 19.7. The lowest BCUT2D eigenvalue weighted by Gasteiger charge is -2.37. The molecular formula is C19H40O5SSi. The molecule has 0 unspecified atom stereocenters. The van der Waals surface area contributed by atoms with Crippen molar-refractivity contribution in [3.05, 3.63) is 0 Å². The minimum atomic E-state index is -1.73. The summed E-state index contributed by atoms with van der Waals surface area (Å²) in [5.74, 6) is 1.74. The highest BCUT2D eigenvalue weighted by Gasteiger charge is 2.40. The van der Waals surface area contributed by atoms with Gasteiger partial charge < -0.3 is 23.4 Å². The number of methoxy groups -OCH3 is 1. The Morgan fingerprint density at radius 3 is 2.23 bits per heavy atom. The SMILES string of the molecule is COCCOCO[C@@H]1C[C@@H](COCSC)[C@H](CO[Si](C)(C)C(C)(C)C)C1. The lowest BCUT2D eigenvalue weighted by Crippen LogP contribution is -2.42. The molecule has 0 N–H and O–H groups in total. The van der Waals surface area contributed by atoms with Gasteiger partial charge in [-0.05, 0) is 49.1 Å². The molecule has 0 bridgehead atoms. The predicted octanol–water partition coefficient (Wildman–Crippen LogP) is 4.38. The maximum absolute atomic E-state index is 6.50. The van der Waals surface area contributed by atoms with Crippen LogP contribution in [0.25, 0.3) is 0 Å². The average Bonchev–Trinajstić information content (AvgIpc) is 2.94. The average molecular weight is 409 g/mol. The molecule has 0 aromatic heterocycles. The molecule has 1 aliphatic rings. The third-order valence-corrected chi connectivity index (χ3v) is 10.5. The summed E-state index contributed by atoms with van der Waals surface area (Å²) in [6.45, 7) is 14.6. The summed E-state index contributed by atoms with van der Waals surface area (Å²) in [7, 11) is -0.0529. The minimum absolute atomic E-state index is 0.230. The minimum Gasteiger partial charge on any atom is -0.417 e. The monoisotopic (exact) mass is 408 g/mol. The molecule has 1 saturated carbocycles. The molecule has 0 amide bonds. The molecule has 5 nitrogen and oxygen atoms in total. The van der Waals surface area contributed by atoms with Crippen molar-refractivity contribution in [2.45, 2.75) is 57.8 Å². The second-order valence-electron chi connectivity index (χ2n) is 8.65. The van der Waals surface area contributed by atoms with Crippen LogP contribution in [0.5, 0.6) is 0 Å². The Morgan fingerprint density at radius 1 is 1.00 bits per heavy atom. The van der Waals surface area contributed by atoms with E-state index < -0.39 is 8.32 Å². The number of ether oxygens (including phenoxy) is 4. The summed E-state index contributed by atoms with van der Waals surface area (Å²) < 4.78 is 28.7. The van der Waals surface area contributed by atoms with Gasteiger partial charge in [-0.2, -0.15) is 0 Å². The normalized spacial score (nSPS) is 24.3. The quantitative estimate of drug-likeness (QED) is 0.256. The van der Waals surface area contributed by atoms with Gasteiger partial charge >= 0.3 is 0 Å². The number of thioether (sulfide) groups is 1. The Balaban J connectivity index is 2.49. The van der Waals surface area contributed by atoms with Gasteiger partial charge in [0, 0.05) is 13.7 Å². The molecule has 3 atom stereocenters. The largest absolute Gasteiger partial charge is 0.417 e. The molecule has 1 fully saturated rings. The highest BCUT2D eigenvalue weighted by molar-refractivity contribution is 7.98. The van der Waals surface area contributed by atoms with Crippen molar-refractivity contribution in [3.8, 4) is 0 Å². The third-order valence-electron chi connectivity index (χ3n) is 5.61. The van der Waals surface area contributed by atoms with Crippen molar-refractivity contribution < 1.29 is 23.4 Å². The van der Waals surface area contributed by atoms with E-state index in [9.17, 15) is 0 Å². The number of hydrogen-bond acceptors (Lipinski definition) is 6. The van der Waals surface area contributed by atoms with E-state index in [4.69, 9.17) is 23.4 Å². The maximum atomic E-state index is 6.50. The van der Waals surface area contributed by atoms with Crippen LogP contribution in [0.3, 0.4) is 0 Å². The first-order valence-corrected chi connectivity index (χ1v) is 13.9. The topological polar surface area (TPSA) is 46.2 Å². The van der Waals surface area contributed by atoms with E-state index in [-0.39, 0.29) is 11.1 Å². The molecule has 0 aromatic rings. The molecule has 7 heteroatoms. The van der Waals surface area contributed by atoms with E-state index >= 15 is 0 Å². The second-order valence-corrected chi connectivity index (χ2v) is 14.3. The molecule has 0 aliphatic heterocycles. The Kier molecular flexibility index (Phi) is 11.3. The van der Waals surface area contributed by atoms with Gasteiger partial charge in [0.2, 0.25) is 0 Å². The molecule has 0 heterocycles.